The van der Waals surface area contributed by atoms with Gasteiger partial charge in [0.15, 0.2) is 5.50 Å². The summed E-state index contributed by atoms with van der Waals surface area (Å²) in [7, 11) is 0. The summed E-state index contributed by atoms with van der Waals surface area (Å²) in [5.74, 6) is 1.12. The summed E-state index contributed by atoms with van der Waals surface area (Å²) in [5, 5.41) is 16.4. The van der Waals surface area contributed by atoms with E-state index in [1.54, 1.807) is 6.20 Å². The predicted molar refractivity (Wildman–Crippen MR) is 131 cm³/mol. The Balaban J connectivity index is 1.35. The summed E-state index contributed by atoms with van der Waals surface area (Å²) in [5.41, 5.74) is 0.876. The highest BCUT2D eigenvalue weighted by Gasteiger charge is 2.57. The molecule has 1 aromatic rings. The third-order valence-electron chi connectivity index (χ3n) is 7.40. The molecule has 1 aromatic carbocycles. The normalized spacial score (nSPS) is 34.2. The number of hydrogen-bond donors (Lipinski definition) is 3. The van der Waals surface area contributed by atoms with Crippen LogP contribution >= 0.6 is 23.4 Å². The molecule has 1 spiro atoms. The van der Waals surface area contributed by atoms with E-state index in [-0.39, 0.29) is 35.0 Å². The van der Waals surface area contributed by atoms with Gasteiger partial charge in [0.25, 0.3) is 0 Å². The molecular weight excluding hydrogens is 460 g/mol. The van der Waals surface area contributed by atoms with Crippen molar-refractivity contribution in [1.82, 2.24) is 20.4 Å². The molecule has 3 aliphatic heterocycles. The lowest BCUT2D eigenvalue weighted by Crippen LogP contribution is -2.49. The average Bonchev–Trinajstić information content (AvgIpc) is 3.48. The molecule has 1 aliphatic carbocycles. The lowest BCUT2D eigenvalue weighted by atomic mass is 9.70. The van der Waals surface area contributed by atoms with Gasteiger partial charge in [0.1, 0.15) is 18.1 Å². The number of carbonyl (C=O) groups is 1. The average molecular weight is 491 g/mol. The second kappa shape index (κ2) is 9.06. The maximum Gasteiger partial charge on any atom is 0.320 e. The number of hydrogen-bond acceptors (Lipinski definition) is 6. The van der Waals surface area contributed by atoms with Gasteiger partial charge in [0.2, 0.25) is 0 Å². The minimum absolute atomic E-state index is 0.00616. The van der Waals surface area contributed by atoms with Gasteiger partial charge in [-0.15, -0.1) is 0 Å². The monoisotopic (exact) mass is 490 g/mol. The van der Waals surface area contributed by atoms with Crippen LogP contribution in [0.25, 0.3) is 0 Å². The number of aryl methyl sites for hydroxylation is 1. The van der Waals surface area contributed by atoms with E-state index in [0.717, 1.165) is 31.7 Å². The fraction of sp³-hybridized carbons (Fsp3) is 0.542. The summed E-state index contributed by atoms with van der Waals surface area (Å²) in [6.07, 6.45) is 7.22. The summed E-state index contributed by atoms with van der Waals surface area (Å²) >= 11 is 7.43. The van der Waals surface area contributed by atoms with Crippen LogP contribution in [0.1, 0.15) is 25.3 Å². The second-order valence-corrected chi connectivity index (χ2v) is 11.4. The summed E-state index contributed by atoms with van der Waals surface area (Å²) in [4.78, 5) is 17.4. The number of nitrogens with one attached hydrogen (secondary N) is 2. The molecule has 3 heterocycles. The molecule has 0 saturated carbocycles. The number of nitrogens with zero attached hydrogens (tertiary/aromatic N) is 2. The predicted octanol–water partition coefficient (Wildman–Crippen LogP) is 3.40. The first kappa shape index (κ1) is 22.9. The van der Waals surface area contributed by atoms with Crippen LogP contribution in [0, 0.1) is 18.3 Å². The van der Waals surface area contributed by atoms with Crippen molar-refractivity contribution in [2.24, 2.45) is 11.3 Å². The molecule has 2 saturated heterocycles. The minimum Gasteiger partial charge on any atom is -0.486 e. The van der Waals surface area contributed by atoms with Gasteiger partial charge in [-0.2, -0.15) is 0 Å². The number of amides is 2. The van der Waals surface area contributed by atoms with Crippen LogP contribution in [0.5, 0.6) is 5.75 Å². The fourth-order valence-corrected chi connectivity index (χ4v) is 6.68. The summed E-state index contributed by atoms with van der Waals surface area (Å²) < 4.78 is 6.94. The van der Waals surface area contributed by atoms with E-state index in [0.29, 0.717) is 10.9 Å². The highest BCUT2D eigenvalue weighted by molar-refractivity contribution is 8.05. The molecule has 7 nitrogen and oxygen atoms in total. The molecule has 9 heteroatoms. The first-order valence-corrected chi connectivity index (χ1v) is 12.8. The topological polar surface area (TPSA) is 77.1 Å². The number of carbonyl (C=O) groups excluding carboxylic acids is 1. The second-order valence-electron chi connectivity index (χ2n) is 9.59. The molecule has 0 radical (unpaired) electrons. The van der Waals surface area contributed by atoms with Crippen LogP contribution in [0.3, 0.4) is 0 Å². The van der Waals surface area contributed by atoms with Crippen molar-refractivity contribution in [3.8, 4) is 5.75 Å². The molecule has 5 rings (SSSR count). The number of halogens is 1. The Kier molecular flexibility index (Phi) is 6.29. The minimum atomic E-state index is -0.489. The molecule has 33 heavy (non-hydrogen) atoms. The van der Waals surface area contributed by atoms with Gasteiger partial charge in [-0.3, -0.25) is 4.90 Å². The number of ether oxygens (including phenoxy) is 1. The summed E-state index contributed by atoms with van der Waals surface area (Å²) in [6.45, 7) is 6.17. The van der Waals surface area contributed by atoms with Gasteiger partial charge in [0.05, 0.1) is 10.4 Å². The van der Waals surface area contributed by atoms with Crippen LogP contribution in [0.4, 0.5) is 4.79 Å². The molecular formula is C24H31ClN4O3S. The maximum atomic E-state index is 13.3. The SMILES string of the molecule is Cc1ccc(O[C@@H]2C=CC3C(C2)C2(CCN(C(C)O)C2)CN3C(=O)NC2NC=C(Cl)S2)cc1. The van der Waals surface area contributed by atoms with E-state index in [2.05, 4.69) is 46.7 Å². The Morgan fingerprint density at radius 3 is 2.79 bits per heavy atom. The smallest absolute Gasteiger partial charge is 0.320 e. The van der Waals surface area contributed by atoms with E-state index in [9.17, 15) is 9.90 Å². The van der Waals surface area contributed by atoms with Crippen molar-refractivity contribution in [3.05, 3.63) is 52.5 Å². The molecule has 2 fully saturated rings. The Bertz CT molecular complexity index is 956. The largest absolute Gasteiger partial charge is 0.486 e. The first-order valence-electron chi connectivity index (χ1n) is 11.5. The van der Waals surface area contributed by atoms with E-state index in [1.165, 1.54) is 17.3 Å². The van der Waals surface area contributed by atoms with Crippen molar-refractivity contribution in [2.45, 2.75) is 50.6 Å². The zero-order chi connectivity index (χ0) is 23.2. The standard InChI is InChI=1S/C24H31ClN4O3S/c1-15-3-5-17(6-4-15)32-18-7-8-20-19(11-18)24(9-10-28(13-24)16(2)30)14-29(20)23(31)27-22-26-12-21(25)33-22/h3-8,12,16,18-20,22,26,30H,9-11,13-14H2,1-2H3,(H,27,31)/t16?,18-,19?,20?,22?,24?/m1/s1. The number of fused-ring (bicyclic) bond motifs is 2. The van der Waals surface area contributed by atoms with Crippen molar-refractivity contribution in [1.29, 1.82) is 0 Å². The third kappa shape index (κ3) is 4.58. The number of thioether (sulfide) groups is 1. The number of aliphatic hydroxyl groups excluding tert-OH is 1. The Morgan fingerprint density at radius 1 is 1.33 bits per heavy atom. The quantitative estimate of drug-likeness (QED) is 0.561. The zero-order valence-electron chi connectivity index (χ0n) is 18.9. The van der Waals surface area contributed by atoms with Crippen molar-refractivity contribution in [2.75, 3.05) is 19.6 Å². The van der Waals surface area contributed by atoms with Gasteiger partial charge < -0.3 is 25.4 Å². The van der Waals surface area contributed by atoms with Crippen molar-refractivity contribution >= 4 is 29.4 Å². The lowest BCUT2D eigenvalue weighted by molar-refractivity contribution is 0.0227. The van der Waals surface area contributed by atoms with Gasteiger partial charge in [-0.05, 0) is 50.8 Å². The Labute approximate surface area is 204 Å². The highest BCUT2D eigenvalue weighted by Crippen LogP contribution is 2.51. The van der Waals surface area contributed by atoms with Gasteiger partial charge >= 0.3 is 6.03 Å². The van der Waals surface area contributed by atoms with Crippen LogP contribution in [0.15, 0.2) is 47.0 Å². The molecule has 0 bridgehead atoms. The maximum absolute atomic E-state index is 13.3. The third-order valence-corrected chi connectivity index (χ3v) is 8.61. The van der Waals surface area contributed by atoms with E-state index in [1.807, 2.05) is 24.0 Å². The number of rotatable bonds is 4. The van der Waals surface area contributed by atoms with Crippen LogP contribution in [-0.2, 0) is 0 Å². The molecule has 5 unspecified atom stereocenters. The van der Waals surface area contributed by atoms with Gasteiger partial charge in [-0.25, -0.2) is 4.79 Å². The van der Waals surface area contributed by atoms with Crippen molar-refractivity contribution in [3.63, 3.8) is 0 Å². The van der Waals surface area contributed by atoms with Crippen LogP contribution < -0.4 is 15.4 Å². The van der Waals surface area contributed by atoms with Gasteiger partial charge in [0, 0.05) is 31.2 Å². The lowest BCUT2D eigenvalue weighted by Gasteiger charge is -2.36. The highest BCUT2D eigenvalue weighted by atomic mass is 35.5. The molecule has 3 N–H and O–H groups in total. The Hall–Kier alpha value is -1.87. The van der Waals surface area contributed by atoms with Gasteiger partial charge in [-0.1, -0.05) is 47.1 Å². The van der Waals surface area contributed by atoms with Crippen LogP contribution in [-0.4, -0.2) is 64.4 Å². The van der Waals surface area contributed by atoms with Crippen molar-refractivity contribution < 1.29 is 14.6 Å². The first-order chi connectivity index (χ1) is 15.8. The van der Waals surface area contributed by atoms with E-state index >= 15 is 0 Å². The number of urea groups is 1. The number of aliphatic hydroxyl groups is 1. The zero-order valence-corrected chi connectivity index (χ0v) is 20.5. The molecule has 4 aliphatic rings. The van der Waals surface area contributed by atoms with E-state index < -0.39 is 6.23 Å². The molecule has 0 aromatic heterocycles. The fourth-order valence-electron chi connectivity index (χ4n) is 5.69. The molecule has 6 atom stereocenters. The summed E-state index contributed by atoms with van der Waals surface area (Å²) in [6, 6.07) is 8.05. The number of benzene rings is 1. The van der Waals surface area contributed by atoms with Crippen LogP contribution in [0.2, 0.25) is 0 Å². The van der Waals surface area contributed by atoms with E-state index in [4.69, 9.17) is 16.3 Å². The Morgan fingerprint density at radius 2 is 2.12 bits per heavy atom. The number of likely N-dealkylation sites (tertiary alicyclic amines) is 2. The molecule has 2 amide bonds. The molecule has 178 valence electrons.